The molecular formula is C21H26N3O4+. The number of quaternary nitrogens is 1. The van der Waals surface area contributed by atoms with Crippen LogP contribution in [-0.4, -0.2) is 31.7 Å². The van der Waals surface area contributed by atoms with Crippen molar-refractivity contribution in [2.45, 2.75) is 26.4 Å². The van der Waals surface area contributed by atoms with Crippen LogP contribution in [0.25, 0.3) is 0 Å². The molecule has 2 heterocycles. The van der Waals surface area contributed by atoms with Crippen LogP contribution < -0.4 is 15.5 Å². The van der Waals surface area contributed by atoms with Gasteiger partial charge in [-0.2, -0.15) is 0 Å². The average molecular weight is 384 g/mol. The van der Waals surface area contributed by atoms with E-state index >= 15 is 0 Å². The zero-order valence-corrected chi connectivity index (χ0v) is 16.2. The molecule has 1 aliphatic heterocycles. The van der Waals surface area contributed by atoms with E-state index in [1.54, 1.807) is 19.1 Å². The molecule has 1 unspecified atom stereocenters. The summed E-state index contributed by atoms with van der Waals surface area (Å²) in [5, 5.41) is 5.58. The maximum absolute atomic E-state index is 12.7. The molecule has 1 aromatic carbocycles. The first-order chi connectivity index (χ1) is 13.6. The number of ether oxygens (including phenoxy) is 1. The lowest BCUT2D eigenvalue weighted by atomic mass is 9.99. The van der Waals surface area contributed by atoms with E-state index in [1.807, 2.05) is 18.2 Å². The molecule has 2 aromatic rings. The zero-order chi connectivity index (χ0) is 19.9. The van der Waals surface area contributed by atoms with Crippen LogP contribution in [-0.2, 0) is 16.1 Å². The number of benzene rings is 1. The minimum Gasteiger partial charge on any atom is -0.467 e. The van der Waals surface area contributed by atoms with Crippen LogP contribution in [0.15, 0.2) is 64.4 Å². The number of rotatable bonds is 8. The summed E-state index contributed by atoms with van der Waals surface area (Å²) >= 11 is 0. The van der Waals surface area contributed by atoms with Gasteiger partial charge in [-0.05, 0) is 26.0 Å². The van der Waals surface area contributed by atoms with Gasteiger partial charge in [-0.25, -0.2) is 9.59 Å². The Balaban J connectivity index is 1.92. The van der Waals surface area contributed by atoms with E-state index in [9.17, 15) is 9.59 Å². The normalized spacial score (nSPS) is 17.6. The minimum absolute atomic E-state index is 0.253. The van der Waals surface area contributed by atoms with Crippen LogP contribution >= 0.6 is 0 Å². The van der Waals surface area contributed by atoms with Gasteiger partial charge < -0.3 is 24.7 Å². The van der Waals surface area contributed by atoms with Crippen molar-refractivity contribution in [2.75, 3.05) is 19.7 Å². The van der Waals surface area contributed by atoms with Crippen LogP contribution in [0.1, 0.15) is 31.2 Å². The van der Waals surface area contributed by atoms with Crippen molar-refractivity contribution < 1.29 is 23.6 Å². The molecule has 7 heteroatoms. The molecule has 148 valence electrons. The van der Waals surface area contributed by atoms with Gasteiger partial charge in [0.05, 0.1) is 30.7 Å². The highest BCUT2D eigenvalue weighted by Crippen LogP contribution is 2.27. The van der Waals surface area contributed by atoms with Crippen molar-refractivity contribution in [3.63, 3.8) is 0 Å². The lowest BCUT2D eigenvalue weighted by molar-refractivity contribution is -0.907. The second kappa shape index (κ2) is 9.23. The van der Waals surface area contributed by atoms with E-state index in [0.717, 1.165) is 13.1 Å². The highest BCUT2D eigenvalue weighted by atomic mass is 16.5. The maximum atomic E-state index is 12.7. The molecule has 0 saturated carbocycles. The van der Waals surface area contributed by atoms with Crippen LogP contribution in [0.2, 0.25) is 0 Å². The number of hydrogen-bond acceptors (Lipinski definition) is 4. The Morgan fingerprint density at radius 3 is 2.57 bits per heavy atom. The monoisotopic (exact) mass is 384 g/mol. The van der Waals surface area contributed by atoms with Gasteiger partial charge in [0.15, 0.2) is 0 Å². The Morgan fingerprint density at radius 1 is 1.14 bits per heavy atom. The molecule has 2 amide bonds. The van der Waals surface area contributed by atoms with Crippen molar-refractivity contribution in [1.82, 2.24) is 10.6 Å². The van der Waals surface area contributed by atoms with E-state index in [0.29, 0.717) is 23.6 Å². The highest BCUT2D eigenvalue weighted by molar-refractivity contribution is 5.95. The van der Waals surface area contributed by atoms with Crippen molar-refractivity contribution in [3.8, 4) is 0 Å². The third-order valence-corrected chi connectivity index (χ3v) is 4.70. The summed E-state index contributed by atoms with van der Waals surface area (Å²) < 4.78 is 10.7. The number of likely N-dealkylation sites (N-methyl/N-ethyl adjacent to an activating group) is 1. The number of carbonyl (C=O) groups is 2. The molecule has 2 atom stereocenters. The predicted molar refractivity (Wildman–Crippen MR) is 103 cm³/mol. The minimum atomic E-state index is -0.673. The van der Waals surface area contributed by atoms with Crippen LogP contribution in [0.3, 0.4) is 0 Å². The van der Waals surface area contributed by atoms with Gasteiger partial charge >= 0.3 is 12.0 Å². The number of nitrogens with one attached hydrogen (secondary N) is 3. The second-order valence-corrected chi connectivity index (χ2v) is 6.60. The lowest BCUT2D eigenvalue weighted by Gasteiger charge is -2.29. The highest BCUT2D eigenvalue weighted by Gasteiger charge is 2.36. The number of furan rings is 1. The van der Waals surface area contributed by atoms with Gasteiger partial charge in [-0.15, -0.1) is 0 Å². The van der Waals surface area contributed by atoms with E-state index in [2.05, 4.69) is 29.7 Å². The zero-order valence-electron chi connectivity index (χ0n) is 16.2. The lowest BCUT2D eigenvalue weighted by Crippen LogP contribution is -3.10. The van der Waals surface area contributed by atoms with Gasteiger partial charge in [0.25, 0.3) is 0 Å². The van der Waals surface area contributed by atoms with Crippen LogP contribution in [0.5, 0.6) is 0 Å². The third-order valence-electron chi connectivity index (χ3n) is 4.70. The smallest absolute Gasteiger partial charge is 0.338 e. The number of esters is 1. The molecule has 28 heavy (non-hydrogen) atoms. The largest absolute Gasteiger partial charge is 0.467 e. The van der Waals surface area contributed by atoms with Crippen molar-refractivity contribution in [1.29, 1.82) is 0 Å². The number of hydrogen-bond donors (Lipinski definition) is 3. The predicted octanol–water partition coefficient (Wildman–Crippen LogP) is 1.56. The Kier molecular flexibility index (Phi) is 6.49. The summed E-state index contributed by atoms with van der Waals surface area (Å²) in [5.74, 6) is 0.0399. The number of urea groups is 1. The first-order valence-corrected chi connectivity index (χ1v) is 9.50. The summed E-state index contributed by atoms with van der Waals surface area (Å²) in [4.78, 5) is 26.2. The number of carbonyl (C=O) groups excluding carboxylic acids is 2. The number of amides is 2. The molecule has 0 saturated heterocycles. The molecule has 0 fully saturated rings. The van der Waals surface area contributed by atoms with E-state index in [4.69, 9.17) is 9.15 Å². The second-order valence-electron chi connectivity index (χ2n) is 6.60. The maximum Gasteiger partial charge on any atom is 0.338 e. The molecule has 0 spiro atoms. The summed E-state index contributed by atoms with van der Waals surface area (Å²) in [5.41, 5.74) is 2.15. The Morgan fingerprint density at radius 2 is 1.93 bits per heavy atom. The van der Waals surface area contributed by atoms with Crippen molar-refractivity contribution in [3.05, 3.63) is 71.3 Å². The Bertz CT molecular complexity index is 831. The fourth-order valence-electron chi connectivity index (χ4n) is 3.32. The molecule has 0 aliphatic carbocycles. The Hall–Kier alpha value is -3.06. The van der Waals surface area contributed by atoms with Crippen molar-refractivity contribution >= 4 is 12.0 Å². The molecule has 3 N–H and O–H groups in total. The Labute approximate surface area is 164 Å². The molecule has 7 nitrogen and oxygen atoms in total. The standard InChI is InChI=1S/C21H25N3O4/c1-3-24(13-15-9-6-5-7-10-15)14-16-18(20(25)27-4-2)19(23-21(26)22-16)17-11-8-12-28-17/h5-12,19H,3-4,13-14H2,1-2H3,(H2,22,23,26)/p+1/t19-/m0/s1. The SMILES string of the molecule is CCOC(=O)C1=C(C[NH+](CC)Cc2ccccc2)NC(=O)N[C@H]1c1ccco1. The van der Waals surface area contributed by atoms with Gasteiger partial charge in [0.2, 0.25) is 0 Å². The van der Waals surface area contributed by atoms with E-state index in [-0.39, 0.29) is 12.6 Å². The first-order valence-electron chi connectivity index (χ1n) is 9.50. The summed E-state index contributed by atoms with van der Waals surface area (Å²) in [6.07, 6.45) is 1.52. The molecule has 1 aromatic heterocycles. The summed E-state index contributed by atoms with van der Waals surface area (Å²) in [6, 6.07) is 12.6. The van der Waals surface area contributed by atoms with Gasteiger partial charge in [-0.3, -0.25) is 0 Å². The fourth-order valence-corrected chi connectivity index (χ4v) is 3.32. The molecule has 0 radical (unpaired) electrons. The molecule has 3 rings (SSSR count). The molecular weight excluding hydrogens is 358 g/mol. The van der Waals surface area contributed by atoms with Gasteiger partial charge in [0, 0.05) is 5.56 Å². The van der Waals surface area contributed by atoms with Gasteiger partial charge in [-0.1, -0.05) is 30.3 Å². The third kappa shape index (κ3) is 4.61. The van der Waals surface area contributed by atoms with Gasteiger partial charge in [0.1, 0.15) is 24.9 Å². The fraction of sp³-hybridized carbons (Fsp3) is 0.333. The van der Waals surface area contributed by atoms with Crippen LogP contribution in [0.4, 0.5) is 4.79 Å². The molecule has 0 bridgehead atoms. The van der Waals surface area contributed by atoms with Crippen molar-refractivity contribution in [2.24, 2.45) is 0 Å². The summed E-state index contributed by atoms with van der Waals surface area (Å²) in [7, 11) is 0. The molecule has 1 aliphatic rings. The summed E-state index contributed by atoms with van der Waals surface area (Å²) in [6.45, 7) is 6.20. The topological polar surface area (TPSA) is 85.0 Å². The average Bonchev–Trinajstić information content (AvgIpc) is 3.22. The van der Waals surface area contributed by atoms with E-state index in [1.165, 1.54) is 16.7 Å². The first kappa shape index (κ1) is 19.7. The quantitative estimate of drug-likeness (QED) is 0.603. The van der Waals surface area contributed by atoms with E-state index < -0.39 is 12.0 Å². The van der Waals surface area contributed by atoms with Crippen LogP contribution in [0, 0.1) is 0 Å².